The first-order valence-electron chi connectivity index (χ1n) is 5.76. The highest BCUT2D eigenvalue weighted by molar-refractivity contribution is 7.99. The molecule has 0 aliphatic carbocycles. The third-order valence-electron chi connectivity index (χ3n) is 3.80. The molecule has 2 amide bonds. The molecule has 0 radical (unpaired) electrons. The van der Waals surface area contributed by atoms with Gasteiger partial charge in [-0.05, 0) is 23.0 Å². The Morgan fingerprint density at radius 1 is 1.31 bits per heavy atom. The maximum Gasteiger partial charge on any atom is 0.229 e. The third kappa shape index (κ3) is 1.99. The Labute approximate surface area is 101 Å². The molecule has 3 nitrogen and oxygen atoms in total. The van der Waals surface area contributed by atoms with Gasteiger partial charge in [-0.2, -0.15) is 11.8 Å². The molecule has 1 N–H and O–H groups in total. The van der Waals surface area contributed by atoms with E-state index in [1.807, 2.05) is 18.7 Å². The lowest BCUT2D eigenvalue weighted by atomic mass is 9.64. The Morgan fingerprint density at radius 3 is 2.62 bits per heavy atom. The summed E-state index contributed by atoms with van der Waals surface area (Å²) in [5.74, 6) is 1.84. The number of imide groups is 1. The van der Waals surface area contributed by atoms with Gasteiger partial charge >= 0.3 is 0 Å². The molecule has 2 rings (SSSR count). The molecule has 2 heterocycles. The van der Waals surface area contributed by atoms with Crippen LogP contribution in [0.2, 0.25) is 0 Å². The van der Waals surface area contributed by atoms with Gasteiger partial charge in [0.25, 0.3) is 0 Å². The van der Waals surface area contributed by atoms with E-state index in [0.717, 1.165) is 17.9 Å². The van der Waals surface area contributed by atoms with Crippen LogP contribution in [0.3, 0.4) is 0 Å². The van der Waals surface area contributed by atoms with Crippen molar-refractivity contribution in [1.29, 1.82) is 0 Å². The zero-order valence-corrected chi connectivity index (χ0v) is 10.9. The third-order valence-corrected chi connectivity index (χ3v) is 5.56. The lowest BCUT2D eigenvalue weighted by molar-refractivity contribution is -0.143. The van der Waals surface area contributed by atoms with E-state index >= 15 is 0 Å². The smallest absolute Gasteiger partial charge is 0.229 e. The van der Waals surface area contributed by atoms with Gasteiger partial charge in [-0.1, -0.05) is 20.8 Å². The van der Waals surface area contributed by atoms with Crippen LogP contribution in [0.4, 0.5) is 0 Å². The zero-order valence-electron chi connectivity index (χ0n) is 10.1. The maximum atomic E-state index is 11.7. The normalized spacial score (nSPS) is 38.6. The van der Waals surface area contributed by atoms with Gasteiger partial charge in [0.1, 0.15) is 0 Å². The monoisotopic (exact) mass is 241 g/mol. The highest BCUT2D eigenvalue weighted by Gasteiger charge is 2.50. The fourth-order valence-electron chi connectivity index (χ4n) is 3.02. The van der Waals surface area contributed by atoms with Crippen LogP contribution in [0.15, 0.2) is 0 Å². The second-order valence-electron chi connectivity index (χ2n) is 6.01. The van der Waals surface area contributed by atoms with E-state index in [1.54, 1.807) is 0 Å². The van der Waals surface area contributed by atoms with Crippen molar-refractivity contribution >= 4 is 23.6 Å². The summed E-state index contributed by atoms with van der Waals surface area (Å²) < 4.78 is 0. The van der Waals surface area contributed by atoms with Crippen LogP contribution in [0.5, 0.6) is 0 Å². The van der Waals surface area contributed by atoms with E-state index < -0.39 is 0 Å². The van der Waals surface area contributed by atoms with Crippen molar-refractivity contribution < 1.29 is 9.59 Å². The first-order chi connectivity index (χ1) is 7.35. The molecule has 0 saturated carbocycles. The molecule has 0 aromatic carbocycles. The molecule has 1 spiro atoms. The van der Waals surface area contributed by atoms with Gasteiger partial charge in [-0.15, -0.1) is 0 Å². The average molecular weight is 241 g/mol. The van der Waals surface area contributed by atoms with Gasteiger partial charge in [-0.3, -0.25) is 14.9 Å². The lowest BCUT2D eigenvalue weighted by Gasteiger charge is -2.49. The number of amides is 2. The van der Waals surface area contributed by atoms with E-state index in [4.69, 9.17) is 0 Å². The lowest BCUT2D eigenvalue weighted by Crippen LogP contribution is -2.55. The molecular weight excluding hydrogens is 222 g/mol. The van der Waals surface area contributed by atoms with Crippen LogP contribution < -0.4 is 5.32 Å². The van der Waals surface area contributed by atoms with Crippen LogP contribution in [-0.4, -0.2) is 23.3 Å². The Morgan fingerprint density at radius 2 is 2.00 bits per heavy atom. The molecule has 2 aliphatic rings. The summed E-state index contributed by atoms with van der Waals surface area (Å²) in [7, 11) is 0. The van der Waals surface area contributed by atoms with Crippen LogP contribution in [0, 0.1) is 16.7 Å². The number of hydrogen-bond acceptors (Lipinski definition) is 3. The van der Waals surface area contributed by atoms with Crippen molar-refractivity contribution in [3.8, 4) is 0 Å². The Balaban J connectivity index is 2.28. The summed E-state index contributed by atoms with van der Waals surface area (Å²) in [6.45, 7) is 6.42. The van der Waals surface area contributed by atoms with Crippen molar-refractivity contribution in [1.82, 2.24) is 5.32 Å². The van der Waals surface area contributed by atoms with Crippen LogP contribution in [-0.2, 0) is 9.59 Å². The number of hydrogen-bond donors (Lipinski definition) is 1. The average Bonchev–Trinajstić information content (AvgIpc) is 2.12. The van der Waals surface area contributed by atoms with E-state index in [0.29, 0.717) is 6.42 Å². The van der Waals surface area contributed by atoms with Gasteiger partial charge < -0.3 is 0 Å². The fourth-order valence-corrected chi connectivity index (χ4v) is 4.64. The molecule has 0 bridgehead atoms. The van der Waals surface area contributed by atoms with Gasteiger partial charge in [0, 0.05) is 18.1 Å². The van der Waals surface area contributed by atoms with Crippen LogP contribution in [0.25, 0.3) is 0 Å². The van der Waals surface area contributed by atoms with Crippen LogP contribution >= 0.6 is 11.8 Å². The largest absolute Gasteiger partial charge is 0.296 e. The molecule has 2 aliphatic heterocycles. The molecule has 2 atom stereocenters. The van der Waals surface area contributed by atoms with E-state index in [-0.39, 0.29) is 28.6 Å². The summed E-state index contributed by atoms with van der Waals surface area (Å²) in [5, 5.41) is 2.44. The number of carbonyl (C=O) groups excluding carboxylic acids is 2. The topological polar surface area (TPSA) is 46.2 Å². The second-order valence-corrected chi connectivity index (χ2v) is 6.99. The van der Waals surface area contributed by atoms with Crippen molar-refractivity contribution in [2.75, 3.05) is 11.5 Å². The molecule has 0 aromatic rings. The molecule has 2 fully saturated rings. The molecule has 2 saturated heterocycles. The van der Waals surface area contributed by atoms with E-state index in [2.05, 4.69) is 19.2 Å². The highest BCUT2D eigenvalue weighted by atomic mass is 32.2. The Hall–Kier alpha value is -0.510. The van der Waals surface area contributed by atoms with E-state index in [9.17, 15) is 9.59 Å². The number of thioether (sulfide) groups is 1. The van der Waals surface area contributed by atoms with E-state index in [1.165, 1.54) is 0 Å². The standard InChI is InChI=1S/C12H19NO2S/c1-8-10(15)13-9(14)4-12(8)5-11(2,3)6-16-7-12/h8H,4-7H2,1-3H3,(H,13,14,15). The first-order valence-corrected chi connectivity index (χ1v) is 6.92. The molecule has 4 heteroatoms. The summed E-state index contributed by atoms with van der Waals surface area (Å²) in [6, 6.07) is 0. The minimum atomic E-state index is -0.105. The summed E-state index contributed by atoms with van der Waals surface area (Å²) in [6.07, 6.45) is 1.49. The van der Waals surface area contributed by atoms with Crippen LogP contribution in [0.1, 0.15) is 33.6 Å². The predicted octanol–water partition coefficient (Wildman–Crippen LogP) is 1.82. The Kier molecular flexibility index (Phi) is 2.81. The molecule has 90 valence electrons. The van der Waals surface area contributed by atoms with Crippen molar-refractivity contribution in [3.05, 3.63) is 0 Å². The number of carbonyl (C=O) groups is 2. The number of piperidine rings is 1. The number of nitrogens with one attached hydrogen (secondary N) is 1. The SMILES string of the molecule is CC1C(=O)NC(=O)CC12CSCC(C)(C)C2. The molecule has 2 unspecified atom stereocenters. The molecule has 16 heavy (non-hydrogen) atoms. The van der Waals surface area contributed by atoms with Gasteiger partial charge in [-0.25, -0.2) is 0 Å². The maximum absolute atomic E-state index is 11.7. The Bertz CT molecular complexity index is 340. The summed E-state index contributed by atoms with van der Waals surface area (Å²) in [5.41, 5.74) is 0.126. The summed E-state index contributed by atoms with van der Waals surface area (Å²) >= 11 is 1.88. The quantitative estimate of drug-likeness (QED) is 0.658. The minimum Gasteiger partial charge on any atom is -0.296 e. The van der Waals surface area contributed by atoms with Crippen molar-refractivity contribution in [2.24, 2.45) is 16.7 Å². The fraction of sp³-hybridized carbons (Fsp3) is 0.833. The van der Waals surface area contributed by atoms with Gasteiger partial charge in [0.15, 0.2) is 0 Å². The first kappa shape index (κ1) is 12.0. The summed E-state index contributed by atoms with van der Waals surface area (Å²) in [4.78, 5) is 23.3. The van der Waals surface area contributed by atoms with Gasteiger partial charge in [0.05, 0.1) is 0 Å². The highest BCUT2D eigenvalue weighted by Crippen LogP contribution is 2.51. The molecular formula is C12H19NO2S. The van der Waals surface area contributed by atoms with Crippen molar-refractivity contribution in [2.45, 2.75) is 33.6 Å². The zero-order chi connectivity index (χ0) is 12.0. The second kappa shape index (κ2) is 3.76. The van der Waals surface area contributed by atoms with Gasteiger partial charge in [0.2, 0.25) is 11.8 Å². The number of rotatable bonds is 0. The predicted molar refractivity (Wildman–Crippen MR) is 65.1 cm³/mol. The molecule has 0 aromatic heterocycles. The minimum absolute atomic E-state index is 0.0442. The van der Waals surface area contributed by atoms with Crippen molar-refractivity contribution in [3.63, 3.8) is 0 Å².